The standard InChI is InChI=1S/C25H31N3OS/c1-29-24-10-4-3-9-23(24)28-15-13-27(14-16-28)21-8-6-12-26(18-21)19-22-17-20-7-2-5-11-25(20)30-22/h2-5,7,9-11,17,21H,6,8,12-16,18-19H2,1H3/t21-/m1/s1. The lowest BCUT2D eigenvalue weighted by molar-refractivity contribution is 0.0892. The number of likely N-dealkylation sites (tertiary alicyclic amines) is 1. The molecule has 0 radical (unpaired) electrons. The first-order valence-corrected chi connectivity index (χ1v) is 11.9. The Morgan fingerprint density at radius 3 is 2.60 bits per heavy atom. The van der Waals surface area contributed by atoms with Gasteiger partial charge in [-0.25, -0.2) is 0 Å². The molecule has 1 aromatic heterocycles. The SMILES string of the molecule is COc1ccccc1N1CCN([C@@H]2CCCN(Cc3cc4ccccc4s3)C2)CC1. The fourth-order valence-electron chi connectivity index (χ4n) is 5.03. The Labute approximate surface area is 183 Å². The lowest BCUT2D eigenvalue weighted by Gasteiger charge is -2.44. The summed E-state index contributed by atoms with van der Waals surface area (Å²) in [7, 11) is 1.77. The molecule has 3 aromatic rings. The minimum absolute atomic E-state index is 0.688. The van der Waals surface area contributed by atoms with E-state index in [1.165, 1.54) is 46.6 Å². The number of anilines is 1. The zero-order valence-corrected chi connectivity index (χ0v) is 18.6. The van der Waals surface area contributed by atoms with Gasteiger partial charge in [0.15, 0.2) is 0 Å². The van der Waals surface area contributed by atoms with Gasteiger partial charge in [-0.15, -0.1) is 11.3 Å². The van der Waals surface area contributed by atoms with Gasteiger partial charge in [0.2, 0.25) is 0 Å². The van der Waals surface area contributed by atoms with E-state index in [2.05, 4.69) is 63.2 Å². The molecule has 0 aliphatic carbocycles. The average Bonchev–Trinajstić information content (AvgIpc) is 3.21. The molecule has 0 N–H and O–H groups in total. The summed E-state index contributed by atoms with van der Waals surface area (Å²) in [5.74, 6) is 0.984. The highest BCUT2D eigenvalue weighted by Crippen LogP contribution is 2.30. The number of hydrogen-bond donors (Lipinski definition) is 0. The molecule has 5 heteroatoms. The number of piperidine rings is 1. The zero-order valence-electron chi connectivity index (χ0n) is 17.8. The summed E-state index contributed by atoms with van der Waals surface area (Å²) in [5, 5.41) is 1.39. The topological polar surface area (TPSA) is 19.0 Å². The number of piperazine rings is 1. The number of ether oxygens (including phenoxy) is 1. The minimum atomic E-state index is 0.688. The van der Waals surface area contributed by atoms with Crippen LogP contribution in [0.2, 0.25) is 0 Å². The Balaban J connectivity index is 1.18. The Morgan fingerprint density at radius 2 is 1.77 bits per heavy atom. The van der Waals surface area contributed by atoms with Crippen molar-refractivity contribution in [3.8, 4) is 5.75 Å². The molecule has 2 aliphatic rings. The third kappa shape index (κ3) is 4.20. The van der Waals surface area contributed by atoms with Crippen LogP contribution in [0.25, 0.3) is 10.1 Å². The van der Waals surface area contributed by atoms with Crippen molar-refractivity contribution >= 4 is 27.1 Å². The first-order valence-electron chi connectivity index (χ1n) is 11.1. The maximum Gasteiger partial charge on any atom is 0.142 e. The number of para-hydroxylation sites is 2. The molecular formula is C25H31N3OS. The van der Waals surface area contributed by atoms with Gasteiger partial charge >= 0.3 is 0 Å². The highest BCUT2D eigenvalue weighted by molar-refractivity contribution is 7.19. The highest BCUT2D eigenvalue weighted by atomic mass is 32.1. The molecule has 4 nitrogen and oxygen atoms in total. The van der Waals surface area contributed by atoms with E-state index in [1.54, 1.807) is 7.11 Å². The molecule has 0 saturated carbocycles. The molecule has 1 atom stereocenters. The number of hydrogen-bond acceptors (Lipinski definition) is 5. The van der Waals surface area contributed by atoms with Crippen LogP contribution in [-0.2, 0) is 6.54 Å². The smallest absolute Gasteiger partial charge is 0.142 e. The summed E-state index contributed by atoms with van der Waals surface area (Å²) in [6.07, 6.45) is 2.64. The largest absolute Gasteiger partial charge is 0.495 e. The Hall–Kier alpha value is -2.08. The Morgan fingerprint density at radius 1 is 0.967 bits per heavy atom. The van der Waals surface area contributed by atoms with Crippen molar-refractivity contribution in [3.05, 3.63) is 59.5 Å². The predicted octanol–water partition coefficient (Wildman–Crippen LogP) is 4.70. The van der Waals surface area contributed by atoms with Crippen molar-refractivity contribution in [2.24, 2.45) is 0 Å². The van der Waals surface area contributed by atoms with Gasteiger partial charge in [-0.05, 0) is 49.0 Å². The first-order chi connectivity index (χ1) is 14.8. The van der Waals surface area contributed by atoms with E-state index in [-0.39, 0.29) is 0 Å². The van der Waals surface area contributed by atoms with Crippen LogP contribution in [0.15, 0.2) is 54.6 Å². The minimum Gasteiger partial charge on any atom is -0.495 e. The van der Waals surface area contributed by atoms with Gasteiger partial charge in [0.1, 0.15) is 5.75 Å². The van der Waals surface area contributed by atoms with E-state index in [4.69, 9.17) is 4.74 Å². The van der Waals surface area contributed by atoms with Gasteiger partial charge in [0, 0.05) is 54.9 Å². The first kappa shape index (κ1) is 19.9. The number of nitrogens with zero attached hydrogens (tertiary/aromatic N) is 3. The number of benzene rings is 2. The van der Waals surface area contributed by atoms with Crippen LogP contribution in [-0.4, -0.2) is 62.2 Å². The van der Waals surface area contributed by atoms with Crippen LogP contribution in [0.4, 0.5) is 5.69 Å². The molecule has 2 aromatic carbocycles. The summed E-state index contributed by atoms with van der Waals surface area (Å²) >= 11 is 1.96. The van der Waals surface area contributed by atoms with Crippen molar-refractivity contribution in [1.29, 1.82) is 0 Å². The van der Waals surface area contributed by atoms with E-state index in [0.29, 0.717) is 6.04 Å². The van der Waals surface area contributed by atoms with Crippen LogP contribution in [0.5, 0.6) is 5.75 Å². The van der Waals surface area contributed by atoms with Gasteiger partial charge < -0.3 is 9.64 Å². The maximum atomic E-state index is 5.57. The molecule has 2 saturated heterocycles. The average molecular weight is 422 g/mol. The lowest BCUT2D eigenvalue weighted by atomic mass is 10.0. The summed E-state index contributed by atoms with van der Waals surface area (Å²) in [6.45, 7) is 7.95. The van der Waals surface area contributed by atoms with Crippen LogP contribution in [0.3, 0.4) is 0 Å². The molecule has 0 unspecified atom stereocenters. The van der Waals surface area contributed by atoms with Crippen LogP contribution in [0, 0.1) is 0 Å². The van der Waals surface area contributed by atoms with Crippen molar-refractivity contribution in [3.63, 3.8) is 0 Å². The van der Waals surface area contributed by atoms with E-state index >= 15 is 0 Å². The second-order valence-electron chi connectivity index (χ2n) is 8.48. The van der Waals surface area contributed by atoms with Crippen LogP contribution >= 0.6 is 11.3 Å². The van der Waals surface area contributed by atoms with Crippen molar-refractivity contribution in [1.82, 2.24) is 9.80 Å². The second kappa shape index (κ2) is 8.96. The summed E-state index contributed by atoms with van der Waals surface area (Å²) in [6, 6.07) is 20.2. The summed E-state index contributed by atoms with van der Waals surface area (Å²) in [5.41, 5.74) is 1.23. The lowest BCUT2D eigenvalue weighted by Crippen LogP contribution is -2.55. The monoisotopic (exact) mass is 421 g/mol. The van der Waals surface area contributed by atoms with Gasteiger partial charge in [0.05, 0.1) is 12.8 Å². The number of thiophene rings is 1. The molecule has 5 rings (SSSR count). The third-order valence-electron chi connectivity index (χ3n) is 6.59. The van der Waals surface area contributed by atoms with Crippen LogP contribution < -0.4 is 9.64 Å². The van der Waals surface area contributed by atoms with E-state index < -0.39 is 0 Å². The predicted molar refractivity (Wildman–Crippen MR) is 127 cm³/mol. The maximum absolute atomic E-state index is 5.57. The molecule has 0 amide bonds. The molecule has 0 spiro atoms. The Bertz CT molecular complexity index is 946. The van der Waals surface area contributed by atoms with Gasteiger partial charge in [0.25, 0.3) is 0 Å². The molecular weight excluding hydrogens is 390 g/mol. The van der Waals surface area contributed by atoms with Crippen molar-refractivity contribution in [2.75, 3.05) is 51.3 Å². The number of methoxy groups -OCH3 is 1. The Kier molecular flexibility index (Phi) is 5.93. The van der Waals surface area contributed by atoms with Gasteiger partial charge in [-0.1, -0.05) is 30.3 Å². The highest BCUT2D eigenvalue weighted by Gasteiger charge is 2.29. The van der Waals surface area contributed by atoms with Gasteiger partial charge in [-0.2, -0.15) is 0 Å². The second-order valence-corrected chi connectivity index (χ2v) is 9.64. The molecule has 2 aliphatic heterocycles. The summed E-state index contributed by atoms with van der Waals surface area (Å²) < 4.78 is 6.98. The number of fused-ring (bicyclic) bond motifs is 1. The van der Waals surface area contributed by atoms with Crippen molar-refractivity contribution < 1.29 is 4.74 Å². The molecule has 30 heavy (non-hydrogen) atoms. The normalized spacial score (nSPS) is 21.2. The summed E-state index contributed by atoms with van der Waals surface area (Å²) in [4.78, 5) is 9.37. The van der Waals surface area contributed by atoms with Crippen molar-refractivity contribution in [2.45, 2.75) is 25.4 Å². The molecule has 158 valence electrons. The molecule has 2 fully saturated rings. The van der Waals surface area contributed by atoms with Gasteiger partial charge in [-0.3, -0.25) is 9.80 Å². The molecule has 0 bridgehead atoms. The van der Waals surface area contributed by atoms with E-state index in [9.17, 15) is 0 Å². The quantitative estimate of drug-likeness (QED) is 0.594. The number of rotatable bonds is 5. The fourth-order valence-corrected chi connectivity index (χ4v) is 6.13. The zero-order chi connectivity index (χ0) is 20.3. The molecule has 3 heterocycles. The third-order valence-corrected chi connectivity index (χ3v) is 7.69. The van der Waals surface area contributed by atoms with Crippen LogP contribution in [0.1, 0.15) is 17.7 Å². The van der Waals surface area contributed by atoms with E-state index in [1.807, 2.05) is 17.4 Å². The van der Waals surface area contributed by atoms with E-state index in [0.717, 1.165) is 38.5 Å². The fraction of sp³-hybridized carbons (Fsp3) is 0.440.